The second kappa shape index (κ2) is 10.2. The van der Waals surface area contributed by atoms with Crippen LogP contribution in [0.15, 0.2) is 18.2 Å². The third-order valence-electron chi connectivity index (χ3n) is 5.99. The summed E-state index contributed by atoms with van der Waals surface area (Å²) in [7, 11) is 3.23. The van der Waals surface area contributed by atoms with Crippen LogP contribution in [-0.2, 0) is 16.0 Å². The fraction of sp³-hybridized carbons (Fsp3) is 0.652. The van der Waals surface area contributed by atoms with Crippen LogP contribution in [0.4, 0.5) is 0 Å². The van der Waals surface area contributed by atoms with E-state index in [9.17, 15) is 9.59 Å². The molecule has 0 aromatic heterocycles. The van der Waals surface area contributed by atoms with Crippen molar-refractivity contribution < 1.29 is 19.1 Å². The maximum Gasteiger partial charge on any atom is 0.228 e. The summed E-state index contributed by atoms with van der Waals surface area (Å²) in [5.41, 5.74) is 1.08. The van der Waals surface area contributed by atoms with Gasteiger partial charge in [0.15, 0.2) is 11.5 Å². The Morgan fingerprint density at radius 2 is 1.80 bits per heavy atom. The molecule has 166 valence electrons. The van der Waals surface area contributed by atoms with Gasteiger partial charge in [-0.15, -0.1) is 0 Å². The van der Waals surface area contributed by atoms with Crippen LogP contribution in [-0.4, -0.2) is 86.5 Å². The van der Waals surface area contributed by atoms with E-state index in [1.165, 1.54) is 0 Å². The molecule has 1 aromatic carbocycles. The van der Waals surface area contributed by atoms with Crippen LogP contribution in [0.25, 0.3) is 0 Å². The molecule has 0 bridgehead atoms. The molecular weight excluding hydrogens is 382 g/mol. The number of piperazine rings is 1. The molecule has 1 unspecified atom stereocenters. The van der Waals surface area contributed by atoms with Gasteiger partial charge in [0.25, 0.3) is 0 Å². The van der Waals surface area contributed by atoms with Crippen LogP contribution in [0.2, 0.25) is 0 Å². The normalized spacial score (nSPS) is 20.2. The molecule has 2 heterocycles. The Kier molecular flexibility index (Phi) is 7.58. The van der Waals surface area contributed by atoms with E-state index in [4.69, 9.17) is 9.47 Å². The molecule has 2 aliphatic heterocycles. The third-order valence-corrected chi connectivity index (χ3v) is 5.99. The van der Waals surface area contributed by atoms with Crippen molar-refractivity contribution in [3.8, 4) is 11.5 Å². The lowest BCUT2D eigenvalue weighted by Crippen LogP contribution is -2.51. The first-order valence-electron chi connectivity index (χ1n) is 10.9. The van der Waals surface area contributed by atoms with Crippen molar-refractivity contribution in [1.82, 2.24) is 14.7 Å². The molecular formula is C23H35N3O4. The van der Waals surface area contributed by atoms with Crippen LogP contribution in [0, 0.1) is 11.8 Å². The summed E-state index contributed by atoms with van der Waals surface area (Å²) < 4.78 is 10.6. The first-order chi connectivity index (χ1) is 14.4. The van der Waals surface area contributed by atoms with Gasteiger partial charge < -0.3 is 19.3 Å². The number of nitrogens with zero attached hydrogens (tertiary/aromatic N) is 3. The van der Waals surface area contributed by atoms with Crippen molar-refractivity contribution in [2.75, 3.05) is 60.0 Å². The Balaban J connectivity index is 1.50. The molecule has 3 rings (SSSR count). The maximum atomic E-state index is 12.9. The van der Waals surface area contributed by atoms with Gasteiger partial charge in [0.05, 0.1) is 20.1 Å². The number of rotatable bonds is 8. The van der Waals surface area contributed by atoms with Gasteiger partial charge in [-0.05, 0) is 30.0 Å². The molecule has 0 N–H and O–H groups in total. The van der Waals surface area contributed by atoms with E-state index in [2.05, 4.69) is 18.7 Å². The van der Waals surface area contributed by atoms with E-state index in [0.717, 1.165) is 44.7 Å². The average Bonchev–Trinajstić information content (AvgIpc) is 3.12. The molecule has 7 heteroatoms. The summed E-state index contributed by atoms with van der Waals surface area (Å²) in [6, 6.07) is 5.81. The monoisotopic (exact) mass is 417 g/mol. The topological polar surface area (TPSA) is 62.3 Å². The summed E-state index contributed by atoms with van der Waals surface area (Å²) in [6.45, 7) is 10.0. The van der Waals surface area contributed by atoms with Crippen LogP contribution in [0.5, 0.6) is 11.5 Å². The number of benzene rings is 1. The van der Waals surface area contributed by atoms with Gasteiger partial charge in [-0.2, -0.15) is 0 Å². The molecule has 2 fully saturated rings. The predicted octanol–water partition coefficient (Wildman–Crippen LogP) is 1.90. The molecule has 1 atom stereocenters. The molecule has 2 saturated heterocycles. The van der Waals surface area contributed by atoms with Crippen molar-refractivity contribution in [1.29, 1.82) is 0 Å². The number of methoxy groups -OCH3 is 2. The van der Waals surface area contributed by atoms with Gasteiger partial charge in [0, 0.05) is 52.2 Å². The minimum Gasteiger partial charge on any atom is -0.493 e. The Morgan fingerprint density at radius 1 is 1.10 bits per heavy atom. The van der Waals surface area contributed by atoms with Crippen molar-refractivity contribution in [3.05, 3.63) is 23.8 Å². The highest BCUT2D eigenvalue weighted by molar-refractivity contribution is 5.89. The third kappa shape index (κ3) is 5.45. The second-order valence-electron chi connectivity index (χ2n) is 8.70. The Morgan fingerprint density at radius 3 is 2.43 bits per heavy atom. The lowest BCUT2D eigenvalue weighted by molar-refractivity contribution is -0.137. The number of hydrogen-bond donors (Lipinski definition) is 0. The lowest BCUT2D eigenvalue weighted by atomic mass is 10.1. The van der Waals surface area contributed by atoms with E-state index in [0.29, 0.717) is 36.9 Å². The SMILES string of the molecule is COc1ccc(CCN2CC(C(=O)N3CCN(CC(C)C)CC3)CC2=O)cc1OC. The highest BCUT2D eigenvalue weighted by Gasteiger charge is 2.37. The molecule has 0 spiro atoms. The molecule has 1 aromatic rings. The van der Waals surface area contributed by atoms with Gasteiger partial charge in [-0.1, -0.05) is 19.9 Å². The molecule has 7 nitrogen and oxygen atoms in total. The lowest BCUT2D eigenvalue weighted by Gasteiger charge is -2.36. The molecule has 0 radical (unpaired) electrons. The van der Waals surface area contributed by atoms with Crippen molar-refractivity contribution >= 4 is 11.8 Å². The highest BCUT2D eigenvalue weighted by atomic mass is 16.5. The van der Waals surface area contributed by atoms with Crippen LogP contribution < -0.4 is 9.47 Å². The standard InChI is InChI=1S/C23H35N3O4/c1-17(2)15-24-9-11-25(12-10-24)23(28)19-14-22(27)26(16-19)8-7-18-5-6-20(29-3)21(13-18)30-4/h5-6,13,17,19H,7-12,14-16H2,1-4H3. The molecule has 2 aliphatic rings. The second-order valence-corrected chi connectivity index (χ2v) is 8.70. The number of ether oxygens (including phenoxy) is 2. The van der Waals surface area contributed by atoms with Gasteiger partial charge in [-0.3, -0.25) is 14.5 Å². The summed E-state index contributed by atoms with van der Waals surface area (Å²) in [4.78, 5) is 31.6. The van der Waals surface area contributed by atoms with Crippen LogP contribution in [0.3, 0.4) is 0 Å². The van der Waals surface area contributed by atoms with E-state index < -0.39 is 0 Å². The molecule has 0 aliphatic carbocycles. The smallest absolute Gasteiger partial charge is 0.228 e. The molecule has 0 saturated carbocycles. The average molecular weight is 418 g/mol. The van der Waals surface area contributed by atoms with E-state index in [1.807, 2.05) is 28.0 Å². The summed E-state index contributed by atoms with van der Waals surface area (Å²) in [5, 5.41) is 0. The highest BCUT2D eigenvalue weighted by Crippen LogP contribution is 2.28. The van der Waals surface area contributed by atoms with E-state index >= 15 is 0 Å². The number of hydrogen-bond acceptors (Lipinski definition) is 5. The quantitative estimate of drug-likeness (QED) is 0.647. The van der Waals surface area contributed by atoms with Gasteiger partial charge >= 0.3 is 0 Å². The van der Waals surface area contributed by atoms with Gasteiger partial charge in [0.2, 0.25) is 11.8 Å². The summed E-state index contributed by atoms with van der Waals surface area (Å²) in [5.74, 6) is 2.02. The fourth-order valence-electron chi connectivity index (χ4n) is 4.38. The van der Waals surface area contributed by atoms with E-state index in [1.54, 1.807) is 14.2 Å². The van der Waals surface area contributed by atoms with E-state index in [-0.39, 0.29) is 17.7 Å². The maximum absolute atomic E-state index is 12.9. The largest absolute Gasteiger partial charge is 0.493 e. The van der Waals surface area contributed by atoms with Crippen LogP contribution in [0.1, 0.15) is 25.8 Å². The first kappa shape index (κ1) is 22.4. The Labute approximate surface area is 179 Å². The van der Waals surface area contributed by atoms with Crippen molar-refractivity contribution in [3.63, 3.8) is 0 Å². The number of carbonyl (C=O) groups is 2. The Bertz CT molecular complexity index is 744. The Hall–Kier alpha value is -2.28. The number of amides is 2. The van der Waals surface area contributed by atoms with Gasteiger partial charge in [0.1, 0.15) is 0 Å². The zero-order valence-corrected chi connectivity index (χ0v) is 18.7. The summed E-state index contributed by atoms with van der Waals surface area (Å²) >= 11 is 0. The fourth-order valence-corrected chi connectivity index (χ4v) is 4.38. The minimum absolute atomic E-state index is 0.0762. The van der Waals surface area contributed by atoms with Gasteiger partial charge in [-0.25, -0.2) is 0 Å². The predicted molar refractivity (Wildman–Crippen MR) is 116 cm³/mol. The van der Waals surface area contributed by atoms with Crippen molar-refractivity contribution in [2.24, 2.45) is 11.8 Å². The number of likely N-dealkylation sites (tertiary alicyclic amines) is 1. The minimum atomic E-state index is -0.209. The zero-order chi connectivity index (χ0) is 21.7. The first-order valence-corrected chi connectivity index (χ1v) is 10.9. The zero-order valence-electron chi connectivity index (χ0n) is 18.7. The molecule has 30 heavy (non-hydrogen) atoms. The summed E-state index contributed by atoms with van der Waals surface area (Å²) in [6.07, 6.45) is 1.05. The van der Waals surface area contributed by atoms with Crippen molar-refractivity contribution in [2.45, 2.75) is 26.7 Å². The van der Waals surface area contributed by atoms with Crippen LogP contribution >= 0.6 is 0 Å². The molecule has 2 amide bonds. The number of carbonyl (C=O) groups excluding carboxylic acids is 2.